The van der Waals surface area contributed by atoms with Crippen LogP contribution in [0.5, 0.6) is 0 Å². The highest BCUT2D eigenvalue weighted by Crippen LogP contribution is 2.27. The highest BCUT2D eigenvalue weighted by molar-refractivity contribution is 7.99. The van der Waals surface area contributed by atoms with Crippen LogP contribution in [-0.2, 0) is 0 Å². The van der Waals surface area contributed by atoms with Crippen molar-refractivity contribution in [1.82, 2.24) is 10.3 Å². The molecule has 0 radical (unpaired) electrons. The van der Waals surface area contributed by atoms with Crippen LogP contribution in [0.15, 0.2) is 64.2 Å². The van der Waals surface area contributed by atoms with Crippen molar-refractivity contribution in [2.24, 2.45) is 0 Å². The predicted octanol–water partition coefficient (Wildman–Crippen LogP) is 3.88. The molecule has 0 saturated carbocycles. The molecule has 2 aromatic heterocycles. The Morgan fingerprint density at radius 2 is 2.05 bits per heavy atom. The molecule has 1 aromatic carbocycles. The van der Waals surface area contributed by atoms with Crippen molar-refractivity contribution < 1.29 is 4.42 Å². The largest absolute Gasteiger partial charge is 0.459 e. The third-order valence-corrected chi connectivity index (χ3v) is 4.21. The van der Waals surface area contributed by atoms with E-state index in [1.54, 1.807) is 11.8 Å². The van der Waals surface area contributed by atoms with Gasteiger partial charge in [-0.15, -0.1) is 11.8 Å². The van der Waals surface area contributed by atoms with Crippen LogP contribution in [0.3, 0.4) is 0 Å². The van der Waals surface area contributed by atoms with E-state index in [0.29, 0.717) is 0 Å². The van der Waals surface area contributed by atoms with E-state index in [9.17, 15) is 0 Å². The molecule has 2 heterocycles. The number of nitrogens with one attached hydrogen (secondary N) is 1. The minimum atomic E-state index is 0.175. The molecule has 1 N–H and O–H groups in total. The smallest absolute Gasteiger partial charge is 0.134 e. The first-order valence-corrected chi connectivity index (χ1v) is 7.55. The molecule has 0 amide bonds. The van der Waals surface area contributed by atoms with E-state index in [4.69, 9.17) is 4.42 Å². The number of para-hydroxylation sites is 1. The van der Waals surface area contributed by atoms with E-state index in [1.165, 1.54) is 0 Å². The molecular formula is C16H16N2OS. The fourth-order valence-electron chi connectivity index (χ4n) is 2.08. The Labute approximate surface area is 122 Å². The van der Waals surface area contributed by atoms with Crippen LogP contribution in [0.4, 0.5) is 0 Å². The molecule has 0 aliphatic heterocycles. The van der Waals surface area contributed by atoms with Gasteiger partial charge in [-0.2, -0.15) is 0 Å². The van der Waals surface area contributed by atoms with Crippen LogP contribution in [0.2, 0.25) is 0 Å². The second-order valence-electron chi connectivity index (χ2n) is 4.51. The molecule has 0 fully saturated rings. The first kappa shape index (κ1) is 13.2. The number of furan rings is 1. The lowest BCUT2D eigenvalue weighted by molar-refractivity contribution is 0.479. The van der Waals surface area contributed by atoms with Crippen LogP contribution < -0.4 is 5.32 Å². The molecule has 4 heteroatoms. The molecular weight excluding hydrogens is 268 g/mol. The van der Waals surface area contributed by atoms with Gasteiger partial charge in [-0.25, -0.2) is 4.98 Å². The van der Waals surface area contributed by atoms with Crippen LogP contribution in [0.25, 0.3) is 11.0 Å². The molecule has 0 spiro atoms. The van der Waals surface area contributed by atoms with Gasteiger partial charge < -0.3 is 9.73 Å². The highest BCUT2D eigenvalue weighted by atomic mass is 32.2. The lowest BCUT2D eigenvalue weighted by Crippen LogP contribution is -2.18. The van der Waals surface area contributed by atoms with Gasteiger partial charge in [0.1, 0.15) is 11.3 Å². The number of fused-ring (bicyclic) bond motifs is 1. The van der Waals surface area contributed by atoms with Crippen LogP contribution in [0, 0.1) is 0 Å². The van der Waals surface area contributed by atoms with E-state index in [1.807, 2.05) is 49.6 Å². The van der Waals surface area contributed by atoms with Crippen LogP contribution >= 0.6 is 11.8 Å². The average molecular weight is 284 g/mol. The van der Waals surface area contributed by atoms with E-state index in [0.717, 1.165) is 27.5 Å². The topological polar surface area (TPSA) is 38.1 Å². The molecule has 0 aliphatic carbocycles. The Bertz CT molecular complexity index is 648. The summed E-state index contributed by atoms with van der Waals surface area (Å²) in [5, 5.41) is 5.48. The maximum Gasteiger partial charge on any atom is 0.134 e. The minimum Gasteiger partial charge on any atom is -0.459 e. The van der Waals surface area contributed by atoms with Gasteiger partial charge in [-0.3, -0.25) is 0 Å². The fourth-order valence-corrected chi connectivity index (χ4v) is 3.06. The number of hydrogen-bond donors (Lipinski definition) is 1. The monoisotopic (exact) mass is 284 g/mol. The van der Waals surface area contributed by atoms with Gasteiger partial charge in [-0.1, -0.05) is 24.3 Å². The van der Waals surface area contributed by atoms with Gasteiger partial charge in [0.25, 0.3) is 0 Å². The number of pyridine rings is 1. The van der Waals surface area contributed by atoms with Gasteiger partial charge in [-0.05, 0) is 31.3 Å². The van der Waals surface area contributed by atoms with Gasteiger partial charge in [0, 0.05) is 17.3 Å². The Kier molecular flexibility index (Phi) is 4.04. The number of nitrogens with zero attached hydrogens (tertiary/aromatic N) is 1. The summed E-state index contributed by atoms with van der Waals surface area (Å²) in [6, 6.07) is 16.3. The van der Waals surface area contributed by atoms with Gasteiger partial charge >= 0.3 is 0 Å². The molecule has 1 atom stereocenters. The van der Waals surface area contributed by atoms with E-state index < -0.39 is 0 Å². The second kappa shape index (κ2) is 6.11. The summed E-state index contributed by atoms with van der Waals surface area (Å²) in [6.45, 7) is 0. The van der Waals surface area contributed by atoms with Crippen LogP contribution in [-0.4, -0.2) is 17.8 Å². The number of benzene rings is 1. The Morgan fingerprint density at radius 3 is 2.80 bits per heavy atom. The fraction of sp³-hybridized carbons (Fsp3) is 0.188. The molecule has 3 aromatic rings. The van der Waals surface area contributed by atoms with Gasteiger partial charge in [0.15, 0.2) is 0 Å². The maximum absolute atomic E-state index is 5.91. The molecule has 20 heavy (non-hydrogen) atoms. The van der Waals surface area contributed by atoms with Crippen molar-refractivity contribution in [3.05, 3.63) is 60.5 Å². The summed E-state index contributed by atoms with van der Waals surface area (Å²) in [6.07, 6.45) is 1.82. The number of aromatic nitrogens is 1. The highest BCUT2D eigenvalue weighted by Gasteiger charge is 2.15. The standard InChI is InChI=1S/C16H16N2OS/c1-17-13(11-20-16-8-4-5-9-18-16)15-10-12-6-2-3-7-14(12)19-15/h2-10,13,17H,11H2,1H3. The minimum absolute atomic E-state index is 0.175. The first-order chi connectivity index (χ1) is 9.86. The zero-order valence-electron chi connectivity index (χ0n) is 11.2. The van der Waals surface area contributed by atoms with Crippen molar-refractivity contribution in [1.29, 1.82) is 0 Å². The zero-order chi connectivity index (χ0) is 13.8. The SMILES string of the molecule is CNC(CSc1ccccn1)c1cc2ccccc2o1. The van der Waals surface area contributed by atoms with E-state index >= 15 is 0 Å². The van der Waals surface area contributed by atoms with E-state index in [2.05, 4.69) is 22.4 Å². The van der Waals surface area contributed by atoms with Crippen LogP contribution in [0.1, 0.15) is 11.8 Å². The van der Waals surface area contributed by atoms with Crippen molar-refractivity contribution in [3.63, 3.8) is 0 Å². The first-order valence-electron chi connectivity index (χ1n) is 6.56. The molecule has 0 saturated heterocycles. The number of rotatable bonds is 5. The summed E-state index contributed by atoms with van der Waals surface area (Å²) in [5.41, 5.74) is 0.936. The third-order valence-electron chi connectivity index (χ3n) is 3.17. The van der Waals surface area contributed by atoms with Crippen molar-refractivity contribution >= 4 is 22.7 Å². The summed E-state index contributed by atoms with van der Waals surface area (Å²) >= 11 is 1.72. The lowest BCUT2D eigenvalue weighted by atomic mass is 10.2. The maximum atomic E-state index is 5.91. The molecule has 102 valence electrons. The summed E-state index contributed by atoms with van der Waals surface area (Å²) < 4.78 is 5.91. The molecule has 1 unspecified atom stereocenters. The normalized spacial score (nSPS) is 12.7. The zero-order valence-corrected chi connectivity index (χ0v) is 12.1. The van der Waals surface area contributed by atoms with Gasteiger partial charge in [0.2, 0.25) is 0 Å². The third kappa shape index (κ3) is 2.86. The lowest BCUT2D eigenvalue weighted by Gasteiger charge is -2.12. The predicted molar refractivity (Wildman–Crippen MR) is 83.0 cm³/mol. The quantitative estimate of drug-likeness (QED) is 0.722. The second-order valence-corrected chi connectivity index (χ2v) is 5.55. The van der Waals surface area contributed by atoms with Crippen molar-refractivity contribution in [3.8, 4) is 0 Å². The van der Waals surface area contributed by atoms with E-state index in [-0.39, 0.29) is 6.04 Å². The summed E-state index contributed by atoms with van der Waals surface area (Å²) in [7, 11) is 1.96. The number of hydrogen-bond acceptors (Lipinski definition) is 4. The summed E-state index contributed by atoms with van der Waals surface area (Å²) in [4.78, 5) is 4.33. The summed E-state index contributed by atoms with van der Waals surface area (Å²) in [5.74, 6) is 1.85. The van der Waals surface area contributed by atoms with Crippen molar-refractivity contribution in [2.75, 3.05) is 12.8 Å². The molecule has 0 bridgehead atoms. The Balaban J connectivity index is 1.75. The molecule has 3 nitrogen and oxygen atoms in total. The molecule has 3 rings (SSSR count). The average Bonchev–Trinajstić information content (AvgIpc) is 2.92. The number of thioether (sulfide) groups is 1. The van der Waals surface area contributed by atoms with Crippen molar-refractivity contribution in [2.45, 2.75) is 11.1 Å². The molecule has 0 aliphatic rings. The Morgan fingerprint density at radius 1 is 1.20 bits per heavy atom. The van der Waals surface area contributed by atoms with Gasteiger partial charge in [0.05, 0.1) is 11.1 Å². The Hall–Kier alpha value is -1.78.